The van der Waals surface area contributed by atoms with Crippen molar-refractivity contribution in [2.75, 3.05) is 5.32 Å². The first-order valence-electron chi connectivity index (χ1n) is 5.88. The van der Waals surface area contributed by atoms with Gasteiger partial charge < -0.3 is 16.2 Å². The first-order valence-corrected chi connectivity index (χ1v) is 6.26. The molecule has 21 heavy (non-hydrogen) atoms. The SMILES string of the molecule is NC(=O)c1ccc(NCc2cc(F)c(O)c(F)c2)cc1Cl. The lowest BCUT2D eigenvalue weighted by Crippen LogP contribution is -2.11. The van der Waals surface area contributed by atoms with Gasteiger partial charge >= 0.3 is 0 Å². The molecule has 0 unspecified atom stereocenters. The summed E-state index contributed by atoms with van der Waals surface area (Å²) in [6.45, 7) is 0.111. The van der Waals surface area contributed by atoms with Crippen LogP contribution in [0.4, 0.5) is 14.5 Å². The van der Waals surface area contributed by atoms with Crippen LogP contribution >= 0.6 is 11.6 Å². The second-order valence-corrected chi connectivity index (χ2v) is 4.73. The molecule has 0 aliphatic rings. The maximum Gasteiger partial charge on any atom is 0.250 e. The molecule has 0 aliphatic carbocycles. The highest BCUT2D eigenvalue weighted by Gasteiger charge is 2.10. The van der Waals surface area contributed by atoms with Crippen molar-refractivity contribution in [1.82, 2.24) is 0 Å². The van der Waals surface area contributed by atoms with Gasteiger partial charge in [0.2, 0.25) is 5.91 Å². The minimum absolute atomic E-state index is 0.111. The van der Waals surface area contributed by atoms with Crippen LogP contribution in [0, 0.1) is 11.6 Å². The summed E-state index contributed by atoms with van der Waals surface area (Å²) in [7, 11) is 0. The van der Waals surface area contributed by atoms with Crippen molar-refractivity contribution in [1.29, 1.82) is 0 Å². The van der Waals surface area contributed by atoms with E-state index >= 15 is 0 Å². The highest BCUT2D eigenvalue weighted by atomic mass is 35.5. The van der Waals surface area contributed by atoms with Crippen LogP contribution in [0.1, 0.15) is 15.9 Å². The molecule has 0 atom stereocenters. The predicted molar refractivity (Wildman–Crippen MR) is 75.3 cm³/mol. The molecule has 0 radical (unpaired) electrons. The maximum absolute atomic E-state index is 13.2. The Kier molecular flexibility index (Phi) is 4.28. The Bertz CT molecular complexity index is 684. The Balaban J connectivity index is 2.13. The van der Waals surface area contributed by atoms with Crippen LogP contribution in [-0.2, 0) is 6.54 Å². The molecule has 0 aliphatic heterocycles. The third kappa shape index (κ3) is 3.41. The monoisotopic (exact) mass is 312 g/mol. The molecule has 0 saturated carbocycles. The van der Waals surface area contributed by atoms with E-state index < -0.39 is 23.3 Å². The Labute approximate surface area is 124 Å². The standard InChI is InChI=1S/C14H11ClF2N2O2/c15-10-5-8(1-2-9(10)14(18)21)19-6-7-3-11(16)13(20)12(17)4-7/h1-5,19-20H,6H2,(H2,18,21). The van der Waals surface area contributed by atoms with Gasteiger partial charge in [0.05, 0.1) is 10.6 Å². The number of phenols is 1. The fourth-order valence-electron chi connectivity index (χ4n) is 1.75. The number of nitrogens with one attached hydrogen (secondary N) is 1. The van der Waals surface area contributed by atoms with E-state index in [0.717, 1.165) is 12.1 Å². The maximum atomic E-state index is 13.2. The van der Waals surface area contributed by atoms with Gasteiger partial charge in [0, 0.05) is 12.2 Å². The van der Waals surface area contributed by atoms with Gasteiger partial charge in [0.1, 0.15) is 0 Å². The summed E-state index contributed by atoms with van der Waals surface area (Å²) >= 11 is 5.88. The first-order chi connectivity index (χ1) is 9.88. The van der Waals surface area contributed by atoms with Gasteiger partial charge in [0.25, 0.3) is 0 Å². The van der Waals surface area contributed by atoms with Crippen LogP contribution in [0.5, 0.6) is 5.75 Å². The minimum atomic E-state index is -1.03. The topological polar surface area (TPSA) is 75.4 Å². The molecule has 7 heteroatoms. The van der Waals surface area contributed by atoms with Crippen LogP contribution < -0.4 is 11.1 Å². The second kappa shape index (κ2) is 5.97. The minimum Gasteiger partial charge on any atom is -0.503 e. The van der Waals surface area contributed by atoms with Gasteiger partial charge in [-0.3, -0.25) is 4.79 Å². The third-order valence-electron chi connectivity index (χ3n) is 2.81. The third-order valence-corrected chi connectivity index (χ3v) is 3.12. The predicted octanol–water partition coefficient (Wildman–Crippen LogP) is 3.03. The number of rotatable bonds is 4. The number of anilines is 1. The zero-order chi connectivity index (χ0) is 15.6. The van der Waals surface area contributed by atoms with Crippen molar-refractivity contribution < 1.29 is 18.7 Å². The zero-order valence-electron chi connectivity index (χ0n) is 10.7. The van der Waals surface area contributed by atoms with Gasteiger partial charge in [-0.1, -0.05) is 11.6 Å². The molecule has 1 amide bonds. The van der Waals surface area contributed by atoms with E-state index in [-0.39, 0.29) is 17.1 Å². The fourth-order valence-corrected chi connectivity index (χ4v) is 2.02. The number of primary amides is 1. The fraction of sp³-hybridized carbons (Fsp3) is 0.0714. The number of aromatic hydroxyl groups is 1. The van der Waals surface area contributed by atoms with Crippen LogP contribution in [0.15, 0.2) is 30.3 Å². The van der Waals surface area contributed by atoms with E-state index in [1.807, 2.05) is 0 Å². The quantitative estimate of drug-likeness (QED) is 0.812. The number of carbonyl (C=O) groups excluding carboxylic acids is 1. The largest absolute Gasteiger partial charge is 0.503 e. The molecule has 110 valence electrons. The van der Waals surface area contributed by atoms with E-state index in [1.54, 1.807) is 6.07 Å². The number of carbonyl (C=O) groups is 1. The molecular weight excluding hydrogens is 302 g/mol. The van der Waals surface area contributed by atoms with E-state index in [1.165, 1.54) is 12.1 Å². The second-order valence-electron chi connectivity index (χ2n) is 4.32. The Morgan fingerprint density at radius 1 is 1.24 bits per heavy atom. The van der Waals surface area contributed by atoms with Crippen molar-refractivity contribution >= 4 is 23.2 Å². The molecule has 4 N–H and O–H groups in total. The summed E-state index contributed by atoms with van der Waals surface area (Å²) in [5.74, 6) is -3.72. The average molecular weight is 313 g/mol. The zero-order valence-corrected chi connectivity index (χ0v) is 11.4. The van der Waals surface area contributed by atoms with Gasteiger partial charge in [-0.05, 0) is 35.9 Å². The molecule has 0 bridgehead atoms. The van der Waals surface area contributed by atoms with Crippen molar-refractivity contribution in [2.45, 2.75) is 6.54 Å². The number of benzene rings is 2. The molecule has 0 spiro atoms. The molecule has 0 heterocycles. The molecule has 0 saturated heterocycles. The lowest BCUT2D eigenvalue weighted by Gasteiger charge is -2.09. The van der Waals surface area contributed by atoms with E-state index in [9.17, 15) is 13.6 Å². The molecular formula is C14H11ClF2N2O2. The van der Waals surface area contributed by atoms with Crippen LogP contribution in [-0.4, -0.2) is 11.0 Å². The van der Waals surface area contributed by atoms with Crippen molar-refractivity contribution in [3.05, 3.63) is 58.1 Å². The summed E-state index contributed by atoms with van der Waals surface area (Å²) in [5.41, 5.74) is 6.17. The number of amides is 1. The van der Waals surface area contributed by atoms with Crippen molar-refractivity contribution in [2.24, 2.45) is 5.73 Å². The first kappa shape index (κ1) is 15.1. The van der Waals surface area contributed by atoms with Gasteiger partial charge in [-0.25, -0.2) is 8.78 Å². The van der Waals surface area contributed by atoms with Gasteiger partial charge in [0.15, 0.2) is 17.4 Å². The van der Waals surface area contributed by atoms with Gasteiger partial charge in [-0.2, -0.15) is 0 Å². The number of hydrogen-bond donors (Lipinski definition) is 3. The highest BCUT2D eigenvalue weighted by Crippen LogP contribution is 2.23. The number of hydrogen-bond acceptors (Lipinski definition) is 3. The highest BCUT2D eigenvalue weighted by molar-refractivity contribution is 6.34. The van der Waals surface area contributed by atoms with Crippen molar-refractivity contribution in [3.63, 3.8) is 0 Å². The van der Waals surface area contributed by atoms with Crippen LogP contribution in [0.25, 0.3) is 0 Å². The Hall–Kier alpha value is -2.34. The molecule has 2 aromatic carbocycles. The Morgan fingerprint density at radius 3 is 2.38 bits per heavy atom. The van der Waals surface area contributed by atoms with Gasteiger partial charge in [-0.15, -0.1) is 0 Å². The van der Waals surface area contributed by atoms with Crippen LogP contribution in [0.3, 0.4) is 0 Å². The number of nitrogens with two attached hydrogens (primary N) is 1. The summed E-state index contributed by atoms with van der Waals surface area (Å²) in [6, 6.07) is 6.54. The molecule has 2 rings (SSSR count). The normalized spacial score (nSPS) is 10.4. The van der Waals surface area contributed by atoms with Crippen molar-refractivity contribution in [3.8, 4) is 5.75 Å². The lowest BCUT2D eigenvalue weighted by molar-refractivity contribution is 0.100. The smallest absolute Gasteiger partial charge is 0.250 e. The molecule has 2 aromatic rings. The van der Waals surface area contributed by atoms with E-state index in [2.05, 4.69) is 5.32 Å². The Morgan fingerprint density at radius 2 is 1.86 bits per heavy atom. The summed E-state index contributed by atoms with van der Waals surface area (Å²) in [4.78, 5) is 11.0. The molecule has 4 nitrogen and oxygen atoms in total. The summed E-state index contributed by atoms with van der Waals surface area (Å²) < 4.78 is 26.4. The summed E-state index contributed by atoms with van der Waals surface area (Å²) in [5, 5.41) is 12.1. The van der Waals surface area contributed by atoms with Crippen LogP contribution in [0.2, 0.25) is 5.02 Å². The average Bonchev–Trinajstić information content (AvgIpc) is 2.42. The van der Waals surface area contributed by atoms with E-state index in [0.29, 0.717) is 11.3 Å². The molecule has 0 aromatic heterocycles. The number of phenolic OH excluding ortho intramolecular Hbond substituents is 1. The number of halogens is 3. The lowest BCUT2D eigenvalue weighted by atomic mass is 10.1. The van der Waals surface area contributed by atoms with E-state index in [4.69, 9.17) is 22.4 Å². The molecule has 0 fully saturated rings. The summed E-state index contributed by atoms with van der Waals surface area (Å²) in [6.07, 6.45) is 0.